The lowest BCUT2D eigenvalue weighted by molar-refractivity contribution is 0.170. The Morgan fingerprint density at radius 2 is 1.52 bits per heavy atom. The lowest BCUT2D eigenvalue weighted by Gasteiger charge is -2.21. The maximum Gasteiger partial charge on any atom is 0.392 e. The normalized spacial score (nSPS) is 14.8. The molecule has 0 aliphatic rings. The molecule has 0 spiro atoms. The first-order valence-electron chi connectivity index (χ1n) is 7.82. The van der Waals surface area contributed by atoms with Crippen molar-refractivity contribution in [1.29, 1.82) is 0 Å². The summed E-state index contributed by atoms with van der Waals surface area (Å²) in [4.78, 5) is -0.540. The maximum atomic E-state index is 15.2. The molecule has 0 saturated carbocycles. The van der Waals surface area contributed by atoms with Gasteiger partial charge in [0, 0.05) is 10.0 Å². The standard InChI is InChI=1S/C18H18BrF2NO3S2/c1-17(2,3)26(23)22-16(13-9-11-14(19)12-10-13)18(20,21)27(24,25)15-7-5-4-6-8-15/h4-12H,1-3H3/b22-16+/t26-/m1/s1. The van der Waals surface area contributed by atoms with Crippen molar-refractivity contribution in [2.24, 2.45) is 4.40 Å². The minimum Gasteiger partial charge on any atom is -0.234 e. The van der Waals surface area contributed by atoms with Crippen molar-refractivity contribution >= 4 is 42.5 Å². The zero-order valence-corrected chi connectivity index (χ0v) is 18.0. The molecule has 0 fully saturated rings. The molecular formula is C18H18BrF2NO3S2. The predicted molar refractivity (Wildman–Crippen MR) is 107 cm³/mol. The Hall–Kier alpha value is -1.45. The van der Waals surface area contributed by atoms with Gasteiger partial charge in [0.1, 0.15) is 16.7 Å². The van der Waals surface area contributed by atoms with Crippen LogP contribution in [0.25, 0.3) is 0 Å². The Kier molecular flexibility index (Phi) is 6.38. The van der Waals surface area contributed by atoms with Gasteiger partial charge in [-0.3, -0.25) is 0 Å². The van der Waals surface area contributed by atoms with Crippen LogP contribution in [-0.4, -0.2) is 28.3 Å². The molecule has 27 heavy (non-hydrogen) atoms. The van der Waals surface area contributed by atoms with E-state index in [0.29, 0.717) is 4.47 Å². The lowest BCUT2D eigenvalue weighted by Crippen LogP contribution is -2.39. The van der Waals surface area contributed by atoms with Crippen LogP contribution < -0.4 is 0 Å². The number of sulfone groups is 1. The van der Waals surface area contributed by atoms with Gasteiger partial charge in [-0.15, -0.1) is 0 Å². The number of alkyl halides is 2. The van der Waals surface area contributed by atoms with E-state index in [0.717, 1.165) is 12.1 Å². The summed E-state index contributed by atoms with van der Waals surface area (Å²) in [5, 5.41) is -4.37. The van der Waals surface area contributed by atoms with Crippen molar-refractivity contribution < 1.29 is 21.4 Å². The Balaban J connectivity index is 2.70. The zero-order chi connectivity index (χ0) is 20.5. The first-order valence-corrected chi connectivity index (χ1v) is 11.2. The molecule has 0 aromatic heterocycles. The van der Waals surface area contributed by atoms with Crippen molar-refractivity contribution in [2.75, 3.05) is 0 Å². The number of benzene rings is 2. The van der Waals surface area contributed by atoms with Crippen LogP contribution >= 0.6 is 15.9 Å². The van der Waals surface area contributed by atoms with Gasteiger partial charge in [0.25, 0.3) is 0 Å². The largest absolute Gasteiger partial charge is 0.392 e. The highest BCUT2D eigenvalue weighted by molar-refractivity contribution is 9.10. The molecule has 0 bridgehead atoms. The highest BCUT2D eigenvalue weighted by Crippen LogP contribution is 2.34. The van der Waals surface area contributed by atoms with Gasteiger partial charge in [0.2, 0.25) is 9.84 Å². The fourth-order valence-corrected chi connectivity index (χ4v) is 4.19. The van der Waals surface area contributed by atoms with E-state index in [-0.39, 0.29) is 5.56 Å². The third-order valence-electron chi connectivity index (χ3n) is 3.48. The van der Waals surface area contributed by atoms with Gasteiger partial charge >= 0.3 is 5.25 Å². The molecule has 2 aromatic carbocycles. The maximum absolute atomic E-state index is 15.2. The van der Waals surface area contributed by atoms with E-state index < -0.39 is 41.4 Å². The van der Waals surface area contributed by atoms with Crippen LogP contribution in [-0.2, 0) is 20.8 Å². The summed E-state index contributed by atoms with van der Waals surface area (Å²) in [7, 11) is -7.18. The Morgan fingerprint density at radius 3 is 2.00 bits per heavy atom. The number of nitrogens with zero attached hydrogens (tertiary/aromatic N) is 1. The molecule has 0 amide bonds. The number of hydrogen-bond donors (Lipinski definition) is 0. The minimum atomic E-state index is -5.10. The van der Waals surface area contributed by atoms with Crippen LogP contribution in [0.5, 0.6) is 0 Å². The summed E-state index contributed by atoms with van der Waals surface area (Å²) in [5.41, 5.74) is -1.17. The molecule has 2 aromatic rings. The number of halogens is 3. The van der Waals surface area contributed by atoms with Gasteiger partial charge in [-0.05, 0) is 45.0 Å². The van der Waals surface area contributed by atoms with E-state index in [9.17, 15) is 12.6 Å². The van der Waals surface area contributed by atoms with Gasteiger partial charge in [-0.2, -0.15) is 13.2 Å². The molecule has 9 heteroatoms. The third-order valence-corrected chi connectivity index (χ3v) is 7.17. The minimum absolute atomic E-state index is 0.125. The lowest BCUT2D eigenvalue weighted by atomic mass is 10.1. The van der Waals surface area contributed by atoms with Crippen molar-refractivity contribution in [3.05, 3.63) is 64.6 Å². The fourth-order valence-electron chi connectivity index (χ4n) is 1.98. The van der Waals surface area contributed by atoms with Crippen LogP contribution in [0.4, 0.5) is 8.78 Å². The van der Waals surface area contributed by atoms with E-state index in [1.165, 1.54) is 42.5 Å². The number of rotatable bonds is 5. The highest BCUT2D eigenvalue weighted by Gasteiger charge is 2.52. The topological polar surface area (TPSA) is 63.6 Å². The van der Waals surface area contributed by atoms with Crippen molar-refractivity contribution in [2.45, 2.75) is 35.7 Å². The molecular weight excluding hydrogens is 460 g/mol. The van der Waals surface area contributed by atoms with Crippen molar-refractivity contribution in [1.82, 2.24) is 0 Å². The predicted octanol–water partition coefficient (Wildman–Crippen LogP) is 4.77. The quantitative estimate of drug-likeness (QED) is 0.582. The van der Waals surface area contributed by atoms with Gasteiger partial charge in [0.05, 0.1) is 9.64 Å². The average molecular weight is 478 g/mol. The summed E-state index contributed by atoms with van der Waals surface area (Å²) in [5.74, 6) is 0. The smallest absolute Gasteiger partial charge is 0.234 e. The monoisotopic (exact) mass is 477 g/mol. The Labute approximate surface area is 168 Å². The summed E-state index contributed by atoms with van der Waals surface area (Å²) >= 11 is 3.20. The third kappa shape index (κ3) is 4.70. The van der Waals surface area contributed by atoms with Crippen LogP contribution in [0.3, 0.4) is 0 Å². The molecule has 0 unspecified atom stereocenters. The van der Waals surface area contributed by atoms with Crippen LogP contribution in [0.2, 0.25) is 0 Å². The average Bonchev–Trinajstić information content (AvgIpc) is 2.60. The van der Waals surface area contributed by atoms with E-state index in [1.54, 1.807) is 20.8 Å². The van der Waals surface area contributed by atoms with Gasteiger partial charge < -0.3 is 0 Å². The van der Waals surface area contributed by atoms with Gasteiger partial charge in [0.15, 0.2) is 0 Å². The van der Waals surface area contributed by atoms with Crippen LogP contribution in [0.15, 0.2) is 68.4 Å². The molecule has 0 aliphatic heterocycles. The molecule has 0 saturated heterocycles. The second kappa shape index (κ2) is 7.89. The summed E-state index contributed by atoms with van der Waals surface area (Å²) in [6.45, 7) is 4.70. The highest BCUT2D eigenvalue weighted by atomic mass is 79.9. The SMILES string of the molecule is CC(C)(C)[S@@](=O)/N=C(\c1ccc(Br)cc1)C(F)(F)S(=O)(=O)c1ccccc1. The van der Waals surface area contributed by atoms with Crippen LogP contribution in [0, 0.1) is 0 Å². The van der Waals surface area contributed by atoms with E-state index >= 15 is 8.78 Å². The van der Waals surface area contributed by atoms with Gasteiger partial charge in [-0.25, -0.2) is 12.6 Å². The molecule has 0 radical (unpaired) electrons. The molecule has 146 valence electrons. The van der Waals surface area contributed by atoms with E-state index in [2.05, 4.69) is 20.3 Å². The van der Waals surface area contributed by atoms with Crippen molar-refractivity contribution in [3.8, 4) is 0 Å². The molecule has 2 rings (SSSR count). The van der Waals surface area contributed by atoms with Gasteiger partial charge in [-0.1, -0.05) is 46.3 Å². The number of hydrogen-bond acceptors (Lipinski definition) is 3. The van der Waals surface area contributed by atoms with E-state index in [4.69, 9.17) is 0 Å². The summed E-state index contributed by atoms with van der Waals surface area (Å²) in [6.07, 6.45) is 0. The molecule has 1 atom stereocenters. The second-order valence-electron chi connectivity index (χ2n) is 6.64. The molecule has 0 aliphatic carbocycles. The van der Waals surface area contributed by atoms with Crippen molar-refractivity contribution in [3.63, 3.8) is 0 Å². The first kappa shape index (κ1) is 21.8. The van der Waals surface area contributed by atoms with E-state index in [1.807, 2.05) is 0 Å². The van der Waals surface area contributed by atoms with Crippen LogP contribution in [0.1, 0.15) is 26.3 Å². The first-order chi connectivity index (χ1) is 12.4. The Bertz CT molecular complexity index is 968. The molecule has 0 heterocycles. The summed E-state index contributed by atoms with van der Waals surface area (Å²) in [6, 6.07) is 12.0. The summed E-state index contributed by atoms with van der Waals surface area (Å²) < 4.78 is 71.5. The molecule has 0 N–H and O–H groups in total. The molecule has 4 nitrogen and oxygen atoms in total. The second-order valence-corrected chi connectivity index (χ2v) is 11.5. The fraction of sp³-hybridized carbons (Fsp3) is 0.278. The zero-order valence-electron chi connectivity index (χ0n) is 14.8. The Morgan fingerprint density at radius 1 is 1.00 bits per heavy atom.